The Hall–Kier alpha value is -3.95. The van der Waals surface area contributed by atoms with Gasteiger partial charge in [0.05, 0.1) is 106 Å². The number of ether oxygens (including phenoxy) is 9. The third-order valence-corrected chi connectivity index (χ3v) is 9.28. The summed E-state index contributed by atoms with van der Waals surface area (Å²) in [6.45, 7) is 16.0. The second-order valence-electron chi connectivity index (χ2n) is 16.3. The van der Waals surface area contributed by atoms with E-state index in [2.05, 4.69) is 57.8 Å². The molecular formula is C47H83N5O14. The predicted octanol–water partition coefficient (Wildman–Crippen LogP) is 3.17. The molecule has 19 heteroatoms. The van der Waals surface area contributed by atoms with Crippen LogP contribution in [0, 0.1) is 6.92 Å². The molecule has 0 saturated carbocycles. The molecule has 5 N–H and O–H groups in total. The zero-order valence-corrected chi connectivity index (χ0v) is 40.4. The third kappa shape index (κ3) is 40.3. The molecule has 380 valence electrons. The Kier molecular flexibility index (Phi) is 38.6. The number of carbonyl (C=O) groups excluding carboxylic acids is 5. The van der Waals surface area contributed by atoms with Gasteiger partial charge in [0.15, 0.2) is 0 Å². The van der Waals surface area contributed by atoms with Crippen molar-refractivity contribution in [3.05, 3.63) is 35.4 Å². The van der Waals surface area contributed by atoms with Crippen molar-refractivity contribution in [2.45, 2.75) is 104 Å². The second kappa shape index (κ2) is 42.4. The lowest BCUT2D eigenvalue weighted by molar-refractivity contribution is -0.125. The fraction of sp³-hybridized carbons (Fsp3) is 0.766. The summed E-state index contributed by atoms with van der Waals surface area (Å²) in [5.41, 5.74) is 1.93. The molecule has 66 heavy (non-hydrogen) atoms. The lowest BCUT2D eigenvalue weighted by Crippen LogP contribution is -2.44. The van der Waals surface area contributed by atoms with E-state index in [9.17, 15) is 24.0 Å². The van der Waals surface area contributed by atoms with E-state index >= 15 is 0 Å². The van der Waals surface area contributed by atoms with Gasteiger partial charge in [-0.1, -0.05) is 29.8 Å². The Morgan fingerprint density at radius 1 is 0.515 bits per heavy atom. The first-order chi connectivity index (χ1) is 32.0. The highest BCUT2D eigenvalue weighted by Gasteiger charge is 2.18. The van der Waals surface area contributed by atoms with Gasteiger partial charge in [-0.05, 0) is 84.6 Å². The molecule has 0 saturated heterocycles. The Labute approximate surface area is 393 Å². The summed E-state index contributed by atoms with van der Waals surface area (Å²) in [6, 6.07) is 7.77. The minimum atomic E-state index is -0.664. The van der Waals surface area contributed by atoms with Crippen molar-refractivity contribution in [2.24, 2.45) is 0 Å². The van der Waals surface area contributed by atoms with E-state index in [0.29, 0.717) is 170 Å². The van der Waals surface area contributed by atoms with Crippen LogP contribution in [0.1, 0.15) is 89.7 Å². The molecule has 1 rings (SSSR count). The monoisotopic (exact) mass is 942 g/mol. The van der Waals surface area contributed by atoms with Crippen molar-refractivity contribution in [1.82, 2.24) is 26.6 Å². The number of hydrogen-bond donors (Lipinski definition) is 5. The fourth-order valence-corrected chi connectivity index (χ4v) is 5.79. The lowest BCUT2D eigenvalue weighted by Gasteiger charge is -2.20. The number of amides is 5. The van der Waals surface area contributed by atoms with Gasteiger partial charge < -0.3 is 69.2 Å². The fourth-order valence-electron chi connectivity index (χ4n) is 5.79. The highest BCUT2D eigenvalue weighted by atomic mass is 16.6. The van der Waals surface area contributed by atoms with Gasteiger partial charge in [0.2, 0.25) is 24.1 Å². The molecule has 0 bridgehead atoms. The van der Waals surface area contributed by atoms with Gasteiger partial charge in [-0.2, -0.15) is 0 Å². The van der Waals surface area contributed by atoms with E-state index in [1.54, 1.807) is 20.8 Å². The average Bonchev–Trinajstić information content (AvgIpc) is 3.27. The normalized spacial score (nSPS) is 11.8. The molecule has 0 radical (unpaired) electrons. The first kappa shape index (κ1) is 60.1. The molecule has 1 aromatic carbocycles. The molecule has 1 aromatic rings. The SMILES string of the molecule is Cc1ccc(CCCC(=O)NCCCCCNC(=O)CCOCCOCCOCCOCCOCCOCCOCCOCCNC(=O)C(CCCCNC(=O)OC(C)(C)C)NC=O)cc1. The quantitative estimate of drug-likeness (QED) is 0.0468. The van der Waals surface area contributed by atoms with Crippen LogP contribution in [0.15, 0.2) is 24.3 Å². The number of benzene rings is 1. The van der Waals surface area contributed by atoms with Gasteiger partial charge in [0.1, 0.15) is 11.6 Å². The van der Waals surface area contributed by atoms with Gasteiger partial charge in [-0.25, -0.2) is 4.79 Å². The maximum atomic E-state index is 12.4. The summed E-state index contributed by atoms with van der Waals surface area (Å²) in [4.78, 5) is 59.1. The Bertz CT molecular complexity index is 1370. The first-order valence-electron chi connectivity index (χ1n) is 23.6. The zero-order valence-electron chi connectivity index (χ0n) is 40.4. The molecule has 0 spiro atoms. The smallest absolute Gasteiger partial charge is 0.407 e. The van der Waals surface area contributed by atoms with Crippen molar-refractivity contribution in [3.63, 3.8) is 0 Å². The number of aryl methyl sites for hydroxylation is 2. The number of rotatable bonds is 45. The Morgan fingerprint density at radius 2 is 0.955 bits per heavy atom. The first-order valence-corrected chi connectivity index (χ1v) is 23.6. The number of unbranched alkanes of at least 4 members (excludes halogenated alkanes) is 3. The van der Waals surface area contributed by atoms with Crippen LogP contribution in [-0.2, 0) is 68.2 Å². The molecule has 5 amide bonds. The molecule has 1 atom stereocenters. The Morgan fingerprint density at radius 3 is 1.44 bits per heavy atom. The van der Waals surface area contributed by atoms with E-state index in [-0.39, 0.29) is 17.7 Å². The van der Waals surface area contributed by atoms with Gasteiger partial charge >= 0.3 is 6.09 Å². The van der Waals surface area contributed by atoms with Crippen LogP contribution in [0.4, 0.5) is 4.79 Å². The maximum absolute atomic E-state index is 12.4. The number of alkyl carbamates (subject to hydrolysis) is 1. The van der Waals surface area contributed by atoms with Gasteiger partial charge in [0, 0.05) is 39.0 Å². The predicted molar refractivity (Wildman–Crippen MR) is 249 cm³/mol. The molecule has 1 unspecified atom stereocenters. The number of nitrogens with one attached hydrogen (secondary N) is 5. The minimum Gasteiger partial charge on any atom is -0.444 e. The van der Waals surface area contributed by atoms with E-state index in [0.717, 1.165) is 32.1 Å². The van der Waals surface area contributed by atoms with Crippen molar-refractivity contribution in [1.29, 1.82) is 0 Å². The molecule has 0 heterocycles. The van der Waals surface area contributed by atoms with E-state index in [4.69, 9.17) is 42.6 Å². The Balaban J connectivity index is 1.76. The third-order valence-electron chi connectivity index (χ3n) is 9.28. The van der Waals surface area contributed by atoms with Crippen molar-refractivity contribution in [3.8, 4) is 0 Å². The van der Waals surface area contributed by atoms with Crippen LogP contribution >= 0.6 is 0 Å². The molecular weight excluding hydrogens is 859 g/mol. The van der Waals surface area contributed by atoms with Crippen LogP contribution in [0.25, 0.3) is 0 Å². The van der Waals surface area contributed by atoms with Gasteiger partial charge in [-0.3, -0.25) is 19.2 Å². The maximum Gasteiger partial charge on any atom is 0.407 e. The van der Waals surface area contributed by atoms with Crippen LogP contribution in [0.3, 0.4) is 0 Å². The summed E-state index contributed by atoms with van der Waals surface area (Å²) in [6.07, 6.45) is 6.99. The van der Waals surface area contributed by atoms with E-state index < -0.39 is 17.7 Å². The van der Waals surface area contributed by atoms with Crippen LogP contribution < -0.4 is 26.6 Å². The summed E-state index contributed by atoms with van der Waals surface area (Å²) < 4.78 is 49.1. The van der Waals surface area contributed by atoms with E-state index in [1.165, 1.54) is 11.1 Å². The highest BCUT2D eigenvalue weighted by Crippen LogP contribution is 2.08. The van der Waals surface area contributed by atoms with Gasteiger partial charge in [0.25, 0.3) is 0 Å². The lowest BCUT2D eigenvalue weighted by atomic mass is 10.1. The average molecular weight is 942 g/mol. The summed E-state index contributed by atoms with van der Waals surface area (Å²) in [7, 11) is 0. The largest absolute Gasteiger partial charge is 0.444 e. The molecule has 0 aliphatic heterocycles. The molecule has 0 fully saturated rings. The van der Waals surface area contributed by atoms with Crippen molar-refractivity contribution >= 4 is 30.2 Å². The van der Waals surface area contributed by atoms with Crippen molar-refractivity contribution in [2.75, 3.05) is 132 Å². The molecule has 0 aromatic heterocycles. The topological polar surface area (TPSA) is 229 Å². The molecule has 0 aliphatic carbocycles. The zero-order chi connectivity index (χ0) is 48.2. The van der Waals surface area contributed by atoms with E-state index in [1.807, 2.05) is 0 Å². The van der Waals surface area contributed by atoms with Crippen LogP contribution in [-0.4, -0.2) is 174 Å². The summed E-state index contributed by atoms with van der Waals surface area (Å²) in [5, 5.41) is 13.8. The van der Waals surface area contributed by atoms with Crippen molar-refractivity contribution < 1.29 is 66.6 Å². The summed E-state index contributed by atoms with van der Waals surface area (Å²) in [5.74, 6) is -0.238. The highest BCUT2D eigenvalue weighted by molar-refractivity contribution is 5.83. The van der Waals surface area contributed by atoms with Gasteiger partial charge in [-0.15, -0.1) is 0 Å². The van der Waals surface area contributed by atoms with Crippen LogP contribution in [0.5, 0.6) is 0 Å². The minimum absolute atomic E-state index is 0.0363. The molecule has 0 aliphatic rings. The summed E-state index contributed by atoms with van der Waals surface area (Å²) >= 11 is 0. The second-order valence-corrected chi connectivity index (χ2v) is 16.3. The standard InChI is InChI=1S/C47H83N5O14/c1-40-14-16-41(17-15-40)11-10-13-43(54)48-19-7-5-8-20-49-44(55)18-23-58-25-27-60-29-31-62-33-35-64-37-38-65-36-34-63-32-30-61-28-26-59-24-22-50-45(56)42(52-39-53)12-6-9-21-51-46(57)66-47(2,3)4/h14-17,39,42H,5-13,18-38H2,1-4H3,(H,48,54)(H,49,55)(H,50,56)(H,51,57)(H,52,53). The number of hydrogen-bond acceptors (Lipinski definition) is 14. The molecule has 19 nitrogen and oxygen atoms in total. The number of carbonyl (C=O) groups is 5. The van der Waals surface area contributed by atoms with Crippen LogP contribution in [0.2, 0.25) is 0 Å².